The molecule has 1 heterocycles. The Labute approximate surface area is 245 Å². The van der Waals surface area contributed by atoms with Crippen molar-refractivity contribution in [1.82, 2.24) is 4.90 Å². The second-order valence-electron chi connectivity index (χ2n) is 10.8. The minimum absolute atomic E-state index is 0.0800. The van der Waals surface area contributed by atoms with Crippen molar-refractivity contribution in [2.45, 2.75) is 38.2 Å². The van der Waals surface area contributed by atoms with E-state index in [1.165, 1.54) is 13.2 Å². The van der Waals surface area contributed by atoms with Gasteiger partial charge in [0.05, 0.1) is 29.1 Å². The smallest absolute Gasteiger partial charge is 0.411 e. The number of ether oxygens (including phenoxy) is 2. The zero-order chi connectivity index (χ0) is 28.8. The largest absolute Gasteiger partial charge is 0.496 e. The average molecular weight is 576 g/mol. The molecule has 2 aliphatic rings. The molecule has 1 saturated carbocycles. The number of nitrogens with zero attached hydrogens (tertiary/aromatic N) is 1. The SMILES string of the molecule is COc1cc(NC(=O)CCN2CCC3(CC2)CC(OC(=O)Nc2ccccc2-c2ccccc2)C3)c(Cl)cc1C=O. The molecule has 0 atom stereocenters. The highest BCUT2D eigenvalue weighted by molar-refractivity contribution is 6.34. The number of carbonyl (C=O) groups is 3. The van der Waals surface area contributed by atoms with Crippen LogP contribution in [-0.4, -0.2) is 56.0 Å². The molecule has 3 aromatic carbocycles. The molecule has 41 heavy (non-hydrogen) atoms. The monoisotopic (exact) mass is 575 g/mol. The van der Waals surface area contributed by atoms with Crippen LogP contribution >= 0.6 is 11.6 Å². The number of methoxy groups -OCH3 is 1. The molecule has 8 nitrogen and oxygen atoms in total. The van der Waals surface area contributed by atoms with Crippen molar-refractivity contribution in [3.63, 3.8) is 0 Å². The molecule has 5 rings (SSSR count). The maximum Gasteiger partial charge on any atom is 0.411 e. The van der Waals surface area contributed by atoms with Crippen LogP contribution in [-0.2, 0) is 9.53 Å². The zero-order valence-corrected chi connectivity index (χ0v) is 23.8. The summed E-state index contributed by atoms with van der Waals surface area (Å²) >= 11 is 6.22. The standard InChI is InChI=1S/C32H34ClN3O5/c1-40-29-18-28(26(33)17-23(29)21-37)34-30(38)11-14-36-15-12-32(13-16-36)19-24(20-32)41-31(39)35-27-10-6-5-9-25(27)22-7-3-2-4-8-22/h2-10,17-18,21,24H,11-16,19-20H2,1H3,(H,34,38)(H,35,39). The van der Waals surface area contributed by atoms with Crippen molar-refractivity contribution < 1.29 is 23.9 Å². The molecule has 2 N–H and O–H groups in total. The normalized spacial score (nSPS) is 16.4. The summed E-state index contributed by atoms with van der Waals surface area (Å²) in [4.78, 5) is 38.7. The number of hydrogen-bond acceptors (Lipinski definition) is 6. The number of halogens is 1. The van der Waals surface area contributed by atoms with Crippen LogP contribution in [0.1, 0.15) is 42.5 Å². The molecule has 3 aromatic rings. The molecule has 9 heteroatoms. The molecule has 1 aliphatic carbocycles. The van der Waals surface area contributed by atoms with E-state index in [4.69, 9.17) is 21.1 Å². The van der Waals surface area contributed by atoms with E-state index in [1.54, 1.807) is 6.07 Å². The van der Waals surface area contributed by atoms with Gasteiger partial charge in [0.25, 0.3) is 0 Å². The Morgan fingerprint density at radius 1 is 1.00 bits per heavy atom. The van der Waals surface area contributed by atoms with Gasteiger partial charge in [-0.15, -0.1) is 0 Å². The minimum Gasteiger partial charge on any atom is -0.496 e. The van der Waals surface area contributed by atoms with Crippen LogP contribution in [0.2, 0.25) is 5.02 Å². The molecule has 0 radical (unpaired) electrons. The number of anilines is 2. The van der Waals surface area contributed by atoms with Crippen molar-refractivity contribution in [2.24, 2.45) is 5.41 Å². The summed E-state index contributed by atoms with van der Waals surface area (Å²) in [6.07, 6.45) is 4.26. The second-order valence-corrected chi connectivity index (χ2v) is 11.2. The Morgan fingerprint density at radius 3 is 2.41 bits per heavy atom. The Balaban J connectivity index is 1.04. The van der Waals surface area contributed by atoms with Gasteiger partial charge in [0.1, 0.15) is 11.9 Å². The fourth-order valence-corrected chi connectivity index (χ4v) is 6.03. The molecular formula is C32H34ClN3O5. The van der Waals surface area contributed by atoms with Gasteiger partial charge in [0, 0.05) is 24.6 Å². The maximum atomic E-state index is 12.7. The highest BCUT2D eigenvalue weighted by Gasteiger charge is 2.47. The number of amides is 2. The fraction of sp³-hybridized carbons (Fsp3) is 0.344. The lowest BCUT2D eigenvalue weighted by Gasteiger charge is -2.51. The zero-order valence-electron chi connectivity index (χ0n) is 23.0. The lowest BCUT2D eigenvalue weighted by molar-refractivity contribution is -0.116. The fourth-order valence-electron chi connectivity index (χ4n) is 5.81. The van der Waals surface area contributed by atoms with Gasteiger partial charge in [-0.25, -0.2) is 4.79 Å². The number of aldehydes is 1. The van der Waals surface area contributed by atoms with Crippen LogP contribution in [0.5, 0.6) is 5.75 Å². The molecule has 1 aliphatic heterocycles. The van der Waals surface area contributed by atoms with E-state index in [9.17, 15) is 14.4 Å². The van der Waals surface area contributed by atoms with Crippen LogP contribution in [0.4, 0.5) is 16.2 Å². The minimum atomic E-state index is -0.421. The molecule has 1 saturated heterocycles. The Bertz CT molecular complexity index is 1400. The van der Waals surface area contributed by atoms with Crippen molar-refractivity contribution in [3.8, 4) is 16.9 Å². The Kier molecular flexibility index (Phi) is 8.90. The van der Waals surface area contributed by atoms with Gasteiger partial charge in [0.15, 0.2) is 6.29 Å². The molecule has 1 spiro atoms. The van der Waals surface area contributed by atoms with Crippen LogP contribution in [0.25, 0.3) is 11.1 Å². The lowest BCUT2D eigenvalue weighted by atomic mass is 9.61. The van der Waals surface area contributed by atoms with Gasteiger partial charge in [-0.3, -0.25) is 14.9 Å². The molecule has 0 unspecified atom stereocenters. The summed E-state index contributed by atoms with van der Waals surface area (Å²) < 4.78 is 11.0. The topological polar surface area (TPSA) is 97.0 Å². The van der Waals surface area contributed by atoms with Gasteiger partial charge in [-0.05, 0) is 61.9 Å². The van der Waals surface area contributed by atoms with Gasteiger partial charge in [0.2, 0.25) is 5.91 Å². The van der Waals surface area contributed by atoms with Gasteiger partial charge < -0.3 is 19.7 Å². The van der Waals surface area contributed by atoms with E-state index >= 15 is 0 Å². The summed E-state index contributed by atoms with van der Waals surface area (Å²) in [5, 5.41) is 6.04. The first-order valence-corrected chi connectivity index (χ1v) is 14.2. The third kappa shape index (κ3) is 6.89. The highest BCUT2D eigenvalue weighted by atomic mass is 35.5. The lowest BCUT2D eigenvalue weighted by Crippen LogP contribution is -2.50. The number of para-hydroxylation sites is 1. The molecule has 2 amide bonds. The van der Waals surface area contributed by atoms with Crippen molar-refractivity contribution in [1.29, 1.82) is 0 Å². The van der Waals surface area contributed by atoms with E-state index in [1.807, 2.05) is 54.6 Å². The summed E-state index contributed by atoms with van der Waals surface area (Å²) in [5.74, 6) is 0.211. The number of piperidine rings is 1. The summed E-state index contributed by atoms with van der Waals surface area (Å²) in [7, 11) is 1.46. The Morgan fingerprint density at radius 2 is 1.71 bits per heavy atom. The summed E-state index contributed by atoms with van der Waals surface area (Å²) in [6.45, 7) is 2.45. The molecule has 214 valence electrons. The number of rotatable bonds is 9. The third-order valence-corrected chi connectivity index (χ3v) is 8.45. The quantitative estimate of drug-likeness (QED) is 0.277. The van der Waals surface area contributed by atoms with Crippen molar-refractivity contribution >= 4 is 41.3 Å². The van der Waals surface area contributed by atoms with E-state index in [-0.39, 0.29) is 22.4 Å². The van der Waals surface area contributed by atoms with E-state index < -0.39 is 6.09 Å². The first kappa shape index (κ1) is 28.6. The van der Waals surface area contributed by atoms with Crippen LogP contribution < -0.4 is 15.4 Å². The highest BCUT2D eigenvalue weighted by Crippen LogP contribution is 2.50. The van der Waals surface area contributed by atoms with E-state index in [0.29, 0.717) is 36.3 Å². The first-order valence-electron chi connectivity index (χ1n) is 13.8. The van der Waals surface area contributed by atoms with E-state index in [2.05, 4.69) is 15.5 Å². The van der Waals surface area contributed by atoms with Gasteiger partial charge in [-0.1, -0.05) is 60.1 Å². The number of carbonyl (C=O) groups excluding carboxylic acids is 3. The number of nitrogens with one attached hydrogen (secondary N) is 2. The predicted octanol–water partition coefficient (Wildman–Crippen LogP) is 6.65. The van der Waals surface area contributed by atoms with Crippen LogP contribution in [0.3, 0.4) is 0 Å². The first-order chi connectivity index (χ1) is 19.9. The Hall–Kier alpha value is -3.88. The van der Waals surface area contributed by atoms with E-state index in [0.717, 1.165) is 55.6 Å². The predicted molar refractivity (Wildman–Crippen MR) is 160 cm³/mol. The molecule has 0 aromatic heterocycles. The number of hydrogen-bond donors (Lipinski definition) is 2. The molecule has 2 fully saturated rings. The third-order valence-electron chi connectivity index (χ3n) is 8.14. The maximum absolute atomic E-state index is 12.7. The second kappa shape index (κ2) is 12.7. The van der Waals surface area contributed by atoms with Crippen molar-refractivity contribution in [2.75, 3.05) is 37.4 Å². The number of likely N-dealkylation sites (tertiary alicyclic amines) is 1. The molecular weight excluding hydrogens is 542 g/mol. The van der Waals surface area contributed by atoms with Crippen LogP contribution in [0.15, 0.2) is 66.7 Å². The number of benzene rings is 3. The molecule has 0 bridgehead atoms. The average Bonchev–Trinajstić information content (AvgIpc) is 2.97. The summed E-state index contributed by atoms with van der Waals surface area (Å²) in [5.41, 5.74) is 3.67. The summed E-state index contributed by atoms with van der Waals surface area (Å²) in [6, 6.07) is 20.7. The van der Waals surface area contributed by atoms with Crippen LogP contribution in [0, 0.1) is 5.41 Å². The van der Waals surface area contributed by atoms with Gasteiger partial charge in [-0.2, -0.15) is 0 Å². The van der Waals surface area contributed by atoms with Crippen molar-refractivity contribution in [3.05, 3.63) is 77.3 Å². The van der Waals surface area contributed by atoms with Gasteiger partial charge >= 0.3 is 6.09 Å².